The summed E-state index contributed by atoms with van der Waals surface area (Å²) in [5.41, 5.74) is 2.61. The number of carbonyl (C=O) groups excluding carboxylic acids is 2. The molecule has 0 spiro atoms. The van der Waals surface area contributed by atoms with Gasteiger partial charge in [-0.25, -0.2) is 27.9 Å². The summed E-state index contributed by atoms with van der Waals surface area (Å²) < 4.78 is 23.5. The minimum atomic E-state index is -1.59. The number of allylic oxidation sites excluding steroid dienone is 2. The van der Waals surface area contributed by atoms with Gasteiger partial charge in [0.25, 0.3) is 11.8 Å². The molecule has 2 amide bonds. The Kier molecular flexibility index (Phi) is 7.71. The van der Waals surface area contributed by atoms with Crippen LogP contribution in [0.1, 0.15) is 36.4 Å². The Balaban J connectivity index is 1.39. The predicted molar refractivity (Wildman–Crippen MR) is 187 cm³/mol. The summed E-state index contributed by atoms with van der Waals surface area (Å²) in [6.45, 7) is 2.05. The lowest BCUT2D eigenvalue weighted by Gasteiger charge is -2.49. The van der Waals surface area contributed by atoms with E-state index in [0.717, 1.165) is 9.58 Å². The minimum absolute atomic E-state index is 0.00825. The molecule has 4 aromatic carbocycles. The molecule has 1 aromatic heterocycles. The second-order valence-electron chi connectivity index (χ2n) is 12.7. The lowest BCUT2D eigenvalue weighted by molar-refractivity contribution is -0.138. The normalized spacial score (nSPS) is 22.2. The molecule has 0 unspecified atom stereocenters. The maximum atomic E-state index is 15.2. The number of aromatic hydroxyl groups is 1. The van der Waals surface area contributed by atoms with E-state index in [1.807, 2.05) is 6.08 Å². The van der Waals surface area contributed by atoms with E-state index in [4.69, 9.17) is 16.3 Å². The Hall–Kier alpha value is -5.88. The number of hydrogen-bond donors (Lipinski definition) is 2. The van der Waals surface area contributed by atoms with E-state index < -0.39 is 52.3 Å². The number of amides is 2. The first kappa shape index (κ1) is 32.3. The number of nitrogens with zero attached hydrogens (tertiary/aromatic N) is 4. The highest BCUT2D eigenvalue weighted by atomic mass is 35.5. The van der Waals surface area contributed by atoms with Crippen LogP contribution < -0.4 is 21.5 Å². The highest BCUT2D eigenvalue weighted by Crippen LogP contribution is 2.62. The number of carbonyl (C=O) groups is 2. The SMILES string of the molecule is CCOc1cc([C@H]2C3=CCn4c(=O)n(-c5ccccc5)c(=O)n4[C@@H]3C[C@H]3C(=O)N(Nc4ccc(F)cc4)C(=O)[C@@]23c2ccc(Cl)cc2)ccc1O. The van der Waals surface area contributed by atoms with Crippen molar-refractivity contribution in [2.75, 3.05) is 12.0 Å². The van der Waals surface area contributed by atoms with Crippen LogP contribution in [0, 0.1) is 11.7 Å². The van der Waals surface area contributed by atoms with Gasteiger partial charge in [0.2, 0.25) is 0 Å². The summed E-state index contributed by atoms with van der Waals surface area (Å²) in [4.78, 5) is 58.0. The molecule has 2 fully saturated rings. The molecule has 3 heterocycles. The van der Waals surface area contributed by atoms with Crippen LogP contribution in [0.3, 0.4) is 0 Å². The molecule has 11 nitrogen and oxygen atoms in total. The molecular formula is C38H31ClFN5O6. The average molecular weight is 708 g/mol. The van der Waals surface area contributed by atoms with Crippen molar-refractivity contribution in [2.45, 2.75) is 37.3 Å². The second-order valence-corrected chi connectivity index (χ2v) is 13.2. The number of nitrogens with one attached hydrogen (secondary N) is 1. The number of imide groups is 1. The maximum absolute atomic E-state index is 15.2. The number of fused-ring (bicyclic) bond motifs is 4. The van der Waals surface area contributed by atoms with E-state index in [2.05, 4.69) is 5.43 Å². The van der Waals surface area contributed by atoms with Gasteiger partial charge in [0.05, 0.1) is 41.9 Å². The molecule has 1 saturated carbocycles. The van der Waals surface area contributed by atoms with Gasteiger partial charge in [0.1, 0.15) is 5.82 Å². The lowest BCUT2D eigenvalue weighted by atomic mass is 9.53. The Morgan fingerprint density at radius 1 is 0.941 bits per heavy atom. The highest BCUT2D eigenvalue weighted by Gasteiger charge is 2.68. The molecule has 4 atom stereocenters. The largest absolute Gasteiger partial charge is 0.504 e. The van der Waals surface area contributed by atoms with Gasteiger partial charge in [-0.1, -0.05) is 54.1 Å². The van der Waals surface area contributed by atoms with E-state index in [1.165, 1.54) is 39.7 Å². The third kappa shape index (κ3) is 4.84. The van der Waals surface area contributed by atoms with E-state index in [0.29, 0.717) is 33.1 Å². The van der Waals surface area contributed by atoms with Gasteiger partial charge >= 0.3 is 11.4 Å². The smallest absolute Gasteiger partial charge is 0.352 e. The van der Waals surface area contributed by atoms with Crippen LogP contribution in [0.15, 0.2) is 118 Å². The number of aromatic nitrogens is 3. The molecule has 13 heteroatoms. The predicted octanol–water partition coefficient (Wildman–Crippen LogP) is 5.32. The van der Waals surface area contributed by atoms with Gasteiger partial charge in [0, 0.05) is 10.9 Å². The zero-order valence-corrected chi connectivity index (χ0v) is 28.0. The van der Waals surface area contributed by atoms with Crippen LogP contribution in [0.25, 0.3) is 5.69 Å². The summed E-state index contributed by atoms with van der Waals surface area (Å²) >= 11 is 6.35. The molecule has 258 valence electrons. The third-order valence-corrected chi connectivity index (χ3v) is 10.4. The second kappa shape index (κ2) is 12.2. The van der Waals surface area contributed by atoms with E-state index in [9.17, 15) is 23.9 Å². The van der Waals surface area contributed by atoms with Gasteiger partial charge in [-0.2, -0.15) is 5.01 Å². The van der Waals surface area contributed by atoms with E-state index in [1.54, 1.807) is 73.7 Å². The summed E-state index contributed by atoms with van der Waals surface area (Å²) in [5, 5.41) is 12.1. The summed E-state index contributed by atoms with van der Waals surface area (Å²) in [7, 11) is 0. The van der Waals surface area contributed by atoms with Crippen LogP contribution in [-0.2, 0) is 21.5 Å². The molecule has 0 bridgehead atoms. The number of benzene rings is 4. The Morgan fingerprint density at radius 3 is 2.37 bits per heavy atom. The molecule has 2 aliphatic heterocycles. The van der Waals surface area contributed by atoms with Crippen molar-refractivity contribution in [3.05, 3.63) is 152 Å². The molecular weight excluding hydrogens is 677 g/mol. The fraction of sp³-hybridized carbons (Fsp3) is 0.211. The molecule has 0 radical (unpaired) electrons. The van der Waals surface area contributed by atoms with Crippen molar-refractivity contribution < 1.29 is 23.8 Å². The number of phenolic OH excluding ortho intramolecular Hbond substituents is 1. The number of para-hydroxylation sites is 1. The quantitative estimate of drug-likeness (QED) is 0.173. The van der Waals surface area contributed by atoms with Crippen molar-refractivity contribution in [2.24, 2.45) is 5.92 Å². The number of phenols is 1. The fourth-order valence-electron chi connectivity index (χ4n) is 8.07. The average Bonchev–Trinajstić information content (AvgIpc) is 3.51. The zero-order valence-electron chi connectivity index (χ0n) is 27.2. The number of hydrogen-bond acceptors (Lipinski definition) is 7. The van der Waals surface area contributed by atoms with Crippen molar-refractivity contribution in [1.82, 2.24) is 18.9 Å². The Labute approximate surface area is 295 Å². The van der Waals surface area contributed by atoms with Crippen molar-refractivity contribution in [1.29, 1.82) is 0 Å². The fourth-order valence-corrected chi connectivity index (χ4v) is 8.20. The van der Waals surface area contributed by atoms with Crippen molar-refractivity contribution >= 4 is 29.1 Å². The van der Waals surface area contributed by atoms with Gasteiger partial charge in [-0.15, -0.1) is 0 Å². The molecule has 2 N–H and O–H groups in total. The van der Waals surface area contributed by atoms with E-state index in [-0.39, 0.29) is 31.1 Å². The molecule has 1 aliphatic carbocycles. The Morgan fingerprint density at radius 2 is 1.67 bits per heavy atom. The highest BCUT2D eigenvalue weighted by molar-refractivity contribution is 6.30. The number of ether oxygens (including phenoxy) is 1. The summed E-state index contributed by atoms with van der Waals surface area (Å²) in [6.07, 6.45) is 1.84. The van der Waals surface area contributed by atoms with Crippen LogP contribution >= 0.6 is 11.6 Å². The van der Waals surface area contributed by atoms with Crippen LogP contribution in [0.4, 0.5) is 10.1 Å². The molecule has 1 saturated heterocycles. The number of rotatable bonds is 7. The summed E-state index contributed by atoms with van der Waals surface area (Å²) in [5.74, 6) is -3.52. The zero-order chi connectivity index (χ0) is 35.6. The first-order chi connectivity index (χ1) is 24.6. The van der Waals surface area contributed by atoms with Gasteiger partial charge in [0.15, 0.2) is 11.5 Å². The van der Waals surface area contributed by atoms with Crippen LogP contribution in [-0.4, -0.2) is 42.5 Å². The lowest BCUT2D eigenvalue weighted by Crippen LogP contribution is -2.53. The monoisotopic (exact) mass is 707 g/mol. The standard InChI is InChI=1S/C38H31ClFN5O6/c1-2-51-32-20-22(8-17-31(32)46)33-28-18-19-42-36(49)43(27-6-4-3-5-7-27)37(50)45(42)30(28)21-29-34(47)44(41-26-15-13-25(40)14-16-26)35(48)38(29,33)23-9-11-24(39)12-10-23/h3-18,20,29-30,33,41,46H,2,19,21H2,1H3/t29-,30+,33-,38+/m0/s1. The van der Waals surface area contributed by atoms with Crippen LogP contribution in [0.2, 0.25) is 5.02 Å². The number of halogens is 2. The minimum Gasteiger partial charge on any atom is -0.504 e. The van der Waals surface area contributed by atoms with Crippen molar-refractivity contribution in [3.8, 4) is 17.2 Å². The van der Waals surface area contributed by atoms with E-state index >= 15 is 4.79 Å². The molecule has 8 rings (SSSR count). The number of anilines is 1. The molecule has 5 aromatic rings. The van der Waals surface area contributed by atoms with Gasteiger partial charge in [-0.05, 0) is 90.7 Å². The first-order valence-corrected chi connectivity index (χ1v) is 16.8. The molecule has 51 heavy (non-hydrogen) atoms. The topological polar surface area (TPSA) is 128 Å². The Bertz CT molecular complexity index is 2350. The summed E-state index contributed by atoms with van der Waals surface area (Å²) in [6, 6.07) is 24.6. The van der Waals surface area contributed by atoms with Gasteiger partial charge in [-0.3, -0.25) is 15.0 Å². The van der Waals surface area contributed by atoms with Gasteiger partial charge < -0.3 is 9.84 Å². The van der Waals surface area contributed by atoms with Crippen molar-refractivity contribution in [3.63, 3.8) is 0 Å². The number of hydrazine groups is 1. The van der Waals surface area contributed by atoms with Crippen LogP contribution in [0.5, 0.6) is 11.5 Å². The molecule has 3 aliphatic rings. The third-order valence-electron chi connectivity index (χ3n) is 10.2. The first-order valence-electron chi connectivity index (χ1n) is 16.5. The maximum Gasteiger partial charge on any atom is 0.352 e.